The molecule has 180 valence electrons. The molecule has 1 fully saturated rings. The normalized spacial score (nSPS) is 16.9. The van der Waals surface area contributed by atoms with Crippen molar-refractivity contribution in [2.75, 3.05) is 31.7 Å². The first-order valence-corrected chi connectivity index (χ1v) is 12.0. The number of anilines is 1. The van der Waals surface area contributed by atoms with Gasteiger partial charge in [0.1, 0.15) is 5.75 Å². The summed E-state index contributed by atoms with van der Waals surface area (Å²) in [6.45, 7) is 1.78. The van der Waals surface area contributed by atoms with Crippen LogP contribution in [0.2, 0.25) is 0 Å². The first-order chi connectivity index (χ1) is 17.2. The van der Waals surface area contributed by atoms with Gasteiger partial charge < -0.3 is 24.4 Å². The maximum absolute atomic E-state index is 13.2. The summed E-state index contributed by atoms with van der Waals surface area (Å²) >= 11 is 0. The number of rotatable bonds is 6. The van der Waals surface area contributed by atoms with E-state index in [1.807, 2.05) is 53.4 Å². The molecular formula is C28H28N2O5. The van der Waals surface area contributed by atoms with E-state index in [9.17, 15) is 9.59 Å². The van der Waals surface area contributed by atoms with Gasteiger partial charge in [-0.15, -0.1) is 0 Å². The minimum Gasteiger partial charge on any atom is -0.490 e. The summed E-state index contributed by atoms with van der Waals surface area (Å²) in [7, 11) is 0. The lowest BCUT2D eigenvalue weighted by Crippen LogP contribution is -2.34. The number of nitrogens with one attached hydrogen (secondary N) is 1. The molecule has 2 aliphatic rings. The van der Waals surface area contributed by atoms with Crippen molar-refractivity contribution in [3.8, 4) is 17.2 Å². The van der Waals surface area contributed by atoms with E-state index < -0.39 is 0 Å². The number of likely N-dealkylation sites (tertiary alicyclic amines) is 1. The first kappa shape index (κ1) is 22.8. The van der Waals surface area contributed by atoms with Crippen molar-refractivity contribution in [3.63, 3.8) is 0 Å². The lowest BCUT2D eigenvalue weighted by atomic mass is 10.0. The van der Waals surface area contributed by atoms with E-state index in [0.717, 1.165) is 36.3 Å². The molecule has 5 rings (SSSR count). The molecule has 7 nitrogen and oxygen atoms in total. The second kappa shape index (κ2) is 10.5. The quantitative estimate of drug-likeness (QED) is 0.555. The van der Waals surface area contributed by atoms with Crippen LogP contribution in [-0.2, 0) is 4.79 Å². The standard InChI is InChI=1S/C28H28N2O5/c31-27(19-35-24-12-5-4-10-22(24)28(32)29-21-8-2-1-3-9-21)30-15-6-11-23(30)20-13-14-25-26(18-20)34-17-7-16-33-25/h1-5,8-10,12-14,18,23H,6-7,11,15-17,19H2,(H,29,32)/t23-/m1/s1. The zero-order valence-corrected chi connectivity index (χ0v) is 19.4. The molecule has 2 amide bonds. The van der Waals surface area contributed by atoms with Crippen LogP contribution in [0.5, 0.6) is 17.2 Å². The number of amides is 2. The van der Waals surface area contributed by atoms with E-state index in [2.05, 4.69) is 5.32 Å². The van der Waals surface area contributed by atoms with Crippen LogP contribution in [0.1, 0.15) is 41.2 Å². The van der Waals surface area contributed by atoms with Gasteiger partial charge in [-0.05, 0) is 54.8 Å². The van der Waals surface area contributed by atoms with Crippen LogP contribution < -0.4 is 19.5 Å². The highest BCUT2D eigenvalue weighted by molar-refractivity contribution is 6.06. The Hall–Kier alpha value is -4.00. The number of ether oxygens (including phenoxy) is 3. The molecule has 0 aromatic heterocycles. The van der Waals surface area contributed by atoms with Crippen molar-refractivity contribution in [2.45, 2.75) is 25.3 Å². The van der Waals surface area contributed by atoms with Crippen LogP contribution in [0, 0.1) is 0 Å². The molecule has 3 aromatic carbocycles. The molecule has 2 aliphatic heterocycles. The maximum Gasteiger partial charge on any atom is 0.261 e. The molecule has 0 bridgehead atoms. The summed E-state index contributed by atoms with van der Waals surface area (Å²) in [6.07, 6.45) is 2.64. The summed E-state index contributed by atoms with van der Waals surface area (Å²) in [6, 6.07) is 22.1. The SMILES string of the molecule is O=C(Nc1ccccc1)c1ccccc1OCC(=O)N1CCC[C@@H]1c1ccc2c(c1)OCCCO2. The van der Waals surface area contributed by atoms with Gasteiger partial charge >= 0.3 is 0 Å². The molecular weight excluding hydrogens is 444 g/mol. The average molecular weight is 473 g/mol. The number of hydrogen-bond acceptors (Lipinski definition) is 5. The number of benzene rings is 3. The van der Waals surface area contributed by atoms with Crippen LogP contribution in [0.15, 0.2) is 72.8 Å². The average Bonchev–Trinajstić information content (AvgIpc) is 3.27. The second-order valence-corrected chi connectivity index (χ2v) is 8.61. The number of nitrogens with zero attached hydrogens (tertiary/aromatic N) is 1. The van der Waals surface area contributed by atoms with Crippen molar-refractivity contribution < 1.29 is 23.8 Å². The van der Waals surface area contributed by atoms with Gasteiger partial charge in [0.25, 0.3) is 11.8 Å². The predicted octanol–water partition coefficient (Wildman–Crippen LogP) is 4.84. The predicted molar refractivity (Wildman–Crippen MR) is 132 cm³/mol. The Labute approximate surface area is 204 Å². The molecule has 0 saturated carbocycles. The minimum absolute atomic E-state index is 0.0418. The molecule has 3 aromatic rings. The van der Waals surface area contributed by atoms with Crippen LogP contribution in [0.3, 0.4) is 0 Å². The zero-order chi connectivity index (χ0) is 24.0. The molecule has 2 heterocycles. The molecule has 1 atom stereocenters. The number of hydrogen-bond donors (Lipinski definition) is 1. The van der Waals surface area contributed by atoms with E-state index >= 15 is 0 Å². The monoisotopic (exact) mass is 472 g/mol. The minimum atomic E-state index is -0.287. The van der Waals surface area contributed by atoms with Crippen molar-refractivity contribution in [1.82, 2.24) is 4.90 Å². The van der Waals surface area contributed by atoms with Gasteiger partial charge in [-0.25, -0.2) is 0 Å². The van der Waals surface area contributed by atoms with Crippen LogP contribution in [0.4, 0.5) is 5.69 Å². The van der Waals surface area contributed by atoms with Crippen molar-refractivity contribution in [3.05, 3.63) is 83.9 Å². The Balaban J connectivity index is 1.26. The zero-order valence-electron chi connectivity index (χ0n) is 19.4. The fraction of sp³-hybridized carbons (Fsp3) is 0.286. The summed E-state index contributed by atoms with van der Waals surface area (Å²) in [4.78, 5) is 27.8. The maximum atomic E-state index is 13.2. The molecule has 1 saturated heterocycles. The van der Waals surface area contributed by atoms with Gasteiger partial charge in [0.15, 0.2) is 18.1 Å². The van der Waals surface area contributed by atoms with Crippen LogP contribution >= 0.6 is 0 Å². The highest BCUT2D eigenvalue weighted by Gasteiger charge is 2.31. The molecule has 0 aliphatic carbocycles. The Bertz CT molecular complexity index is 1200. The summed E-state index contributed by atoms with van der Waals surface area (Å²) in [5.41, 5.74) is 2.10. The van der Waals surface area contributed by atoms with E-state index in [0.29, 0.717) is 36.8 Å². The van der Waals surface area contributed by atoms with Gasteiger partial charge in [0.05, 0.1) is 24.8 Å². The number of carbonyl (C=O) groups is 2. The second-order valence-electron chi connectivity index (χ2n) is 8.61. The van der Waals surface area contributed by atoms with Crippen molar-refractivity contribution >= 4 is 17.5 Å². The number of carbonyl (C=O) groups excluding carboxylic acids is 2. The molecule has 0 unspecified atom stereocenters. The fourth-order valence-corrected chi connectivity index (χ4v) is 4.52. The molecule has 1 N–H and O–H groups in total. The molecule has 0 spiro atoms. The van der Waals surface area contributed by atoms with Crippen molar-refractivity contribution in [2.24, 2.45) is 0 Å². The third-order valence-corrected chi connectivity index (χ3v) is 6.24. The number of para-hydroxylation sites is 2. The van der Waals surface area contributed by atoms with E-state index in [1.54, 1.807) is 24.3 Å². The first-order valence-electron chi connectivity index (χ1n) is 12.0. The highest BCUT2D eigenvalue weighted by Crippen LogP contribution is 2.38. The Morgan fingerprint density at radius 3 is 2.54 bits per heavy atom. The van der Waals surface area contributed by atoms with Crippen LogP contribution in [-0.4, -0.2) is 43.1 Å². The van der Waals surface area contributed by atoms with Gasteiger partial charge in [0, 0.05) is 18.7 Å². The molecule has 7 heteroatoms. The topological polar surface area (TPSA) is 77.1 Å². The lowest BCUT2D eigenvalue weighted by Gasteiger charge is -2.26. The van der Waals surface area contributed by atoms with E-state index in [1.165, 1.54) is 0 Å². The van der Waals surface area contributed by atoms with Gasteiger partial charge in [-0.3, -0.25) is 9.59 Å². The summed E-state index contributed by atoms with van der Waals surface area (Å²) in [5, 5.41) is 2.86. The van der Waals surface area contributed by atoms with E-state index in [-0.39, 0.29) is 24.5 Å². The lowest BCUT2D eigenvalue weighted by molar-refractivity contribution is -0.134. The Morgan fingerprint density at radius 1 is 0.914 bits per heavy atom. The van der Waals surface area contributed by atoms with Gasteiger partial charge in [-0.2, -0.15) is 0 Å². The Kier molecular flexibility index (Phi) is 6.84. The van der Waals surface area contributed by atoms with E-state index in [4.69, 9.17) is 14.2 Å². The molecule has 0 radical (unpaired) electrons. The largest absolute Gasteiger partial charge is 0.490 e. The van der Waals surface area contributed by atoms with Gasteiger partial charge in [-0.1, -0.05) is 36.4 Å². The fourth-order valence-electron chi connectivity index (χ4n) is 4.52. The third-order valence-electron chi connectivity index (χ3n) is 6.24. The van der Waals surface area contributed by atoms with Gasteiger partial charge in [0.2, 0.25) is 0 Å². The number of fused-ring (bicyclic) bond motifs is 1. The third kappa shape index (κ3) is 5.24. The summed E-state index contributed by atoms with van der Waals surface area (Å²) in [5.74, 6) is 1.45. The highest BCUT2D eigenvalue weighted by atomic mass is 16.5. The Morgan fingerprint density at radius 2 is 1.69 bits per heavy atom. The summed E-state index contributed by atoms with van der Waals surface area (Å²) < 4.78 is 17.4. The van der Waals surface area contributed by atoms with Crippen molar-refractivity contribution in [1.29, 1.82) is 0 Å². The van der Waals surface area contributed by atoms with Crippen LogP contribution in [0.25, 0.3) is 0 Å². The smallest absolute Gasteiger partial charge is 0.261 e. The molecule has 35 heavy (non-hydrogen) atoms.